The maximum Gasteiger partial charge on any atom is 0.126 e. The molecule has 0 aromatic heterocycles. The van der Waals surface area contributed by atoms with E-state index in [0.717, 1.165) is 25.7 Å². The molecule has 0 amide bonds. The Morgan fingerprint density at radius 3 is 2.83 bits per heavy atom. The van der Waals surface area contributed by atoms with Crippen LogP contribution in [0.1, 0.15) is 25.3 Å². The van der Waals surface area contributed by atoms with Gasteiger partial charge in [-0.1, -0.05) is 6.92 Å². The predicted molar refractivity (Wildman–Crippen MR) is 69.9 cm³/mol. The molecule has 96 valence electrons. The van der Waals surface area contributed by atoms with Crippen molar-refractivity contribution >= 4 is 5.69 Å². The van der Waals surface area contributed by atoms with Crippen LogP contribution in [0, 0.1) is 17.1 Å². The highest BCUT2D eigenvalue weighted by Gasteiger charge is 2.26. The molecule has 0 heterocycles. The summed E-state index contributed by atoms with van der Waals surface area (Å²) < 4.78 is 13.2. The van der Waals surface area contributed by atoms with Gasteiger partial charge in [0, 0.05) is 24.8 Å². The van der Waals surface area contributed by atoms with Gasteiger partial charge in [-0.3, -0.25) is 4.90 Å². The Bertz CT molecular complexity index is 449. The number of nitrogens with one attached hydrogen (secondary N) is 1. The van der Waals surface area contributed by atoms with E-state index in [-0.39, 0.29) is 5.82 Å². The van der Waals surface area contributed by atoms with Gasteiger partial charge in [0.05, 0.1) is 11.6 Å². The maximum absolute atomic E-state index is 13.2. The molecule has 0 unspecified atom stereocenters. The third-order valence-corrected chi connectivity index (χ3v) is 3.22. The second-order valence-corrected chi connectivity index (χ2v) is 4.63. The average Bonchev–Trinajstić information content (AvgIpc) is 3.18. The molecule has 18 heavy (non-hydrogen) atoms. The molecule has 1 N–H and O–H groups in total. The first-order valence-electron chi connectivity index (χ1n) is 6.41. The Labute approximate surface area is 107 Å². The van der Waals surface area contributed by atoms with Crippen LogP contribution < -0.4 is 5.32 Å². The van der Waals surface area contributed by atoms with Crippen LogP contribution >= 0.6 is 0 Å². The lowest BCUT2D eigenvalue weighted by molar-refractivity contribution is 0.289. The van der Waals surface area contributed by atoms with Crippen molar-refractivity contribution in [2.24, 2.45) is 0 Å². The Balaban J connectivity index is 1.86. The lowest BCUT2D eigenvalue weighted by atomic mass is 10.2. The molecular formula is C14H18FN3. The minimum absolute atomic E-state index is 0.354. The number of nitriles is 1. The topological polar surface area (TPSA) is 39.1 Å². The van der Waals surface area contributed by atoms with E-state index < -0.39 is 0 Å². The minimum Gasteiger partial charge on any atom is -0.384 e. The SMILES string of the molecule is CCN(CCNc1cc(F)cc(C#N)c1)C1CC1. The number of likely N-dealkylation sites (N-methyl/N-ethyl adjacent to an activating group) is 1. The zero-order valence-corrected chi connectivity index (χ0v) is 10.6. The number of nitrogens with zero attached hydrogens (tertiary/aromatic N) is 2. The molecule has 0 radical (unpaired) electrons. The highest BCUT2D eigenvalue weighted by atomic mass is 19.1. The molecule has 4 heteroatoms. The summed E-state index contributed by atoms with van der Waals surface area (Å²) in [5, 5.41) is 11.9. The standard InChI is InChI=1S/C14H18FN3/c1-2-18(14-3-4-14)6-5-17-13-8-11(10-16)7-12(15)9-13/h7-9,14,17H,2-6H2,1H3. The van der Waals surface area contributed by atoms with Gasteiger partial charge in [0.2, 0.25) is 0 Å². The molecule has 0 spiro atoms. The van der Waals surface area contributed by atoms with Crippen LogP contribution in [0.4, 0.5) is 10.1 Å². The van der Waals surface area contributed by atoms with Crippen LogP contribution in [0.5, 0.6) is 0 Å². The quantitative estimate of drug-likeness (QED) is 0.839. The predicted octanol–water partition coefficient (Wildman–Crippen LogP) is 2.59. The van der Waals surface area contributed by atoms with Crippen molar-refractivity contribution in [2.75, 3.05) is 25.0 Å². The lowest BCUT2D eigenvalue weighted by Crippen LogP contribution is -2.30. The van der Waals surface area contributed by atoms with E-state index in [4.69, 9.17) is 5.26 Å². The minimum atomic E-state index is -0.369. The van der Waals surface area contributed by atoms with Crippen LogP contribution in [0.3, 0.4) is 0 Å². The van der Waals surface area contributed by atoms with Crippen molar-refractivity contribution in [3.63, 3.8) is 0 Å². The summed E-state index contributed by atoms with van der Waals surface area (Å²) in [6.07, 6.45) is 2.60. The van der Waals surface area contributed by atoms with Crippen LogP contribution in [-0.2, 0) is 0 Å². The maximum atomic E-state index is 13.2. The third kappa shape index (κ3) is 3.44. The third-order valence-electron chi connectivity index (χ3n) is 3.22. The largest absolute Gasteiger partial charge is 0.384 e. The van der Waals surface area contributed by atoms with E-state index in [0.29, 0.717) is 11.3 Å². The molecule has 2 rings (SSSR count). The van der Waals surface area contributed by atoms with Gasteiger partial charge in [-0.25, -0.2) is 4.39 Å². The number of halogens is 1. The van der Waals surface area contributed by atoms with Crippen LogP contribution in [0.25, 0.3) is 0 Å². The zero-order chi connectivity index (χ0) is 13.0. The van der Waals surface area contributed by atoms with Gasteiger partial charge in [-0.05, 0) is 37.6 Å². The Morgan fingerprint density at radius 2 is 2.22 bits per heavy atom. The molecule has 0 atom stereocenters. The highest BCUT2D eigenvalue weighted by Crippen LogP contribution is 2.26. The Morgan fingerprint density at radius 1 is 1.44 bits per heavy atom. The van der Waals surface area contributed by atoms with E-state index >= 15 is 0 Å². The fraction of sp³-hybridized carbons (Fsp3) is 0.500. The van der Waals surface area contributed by atoms with Gasteiger partial charge in [0.15, 0.2) is 0 Å². The second-order valence-electron chi connectivity index (χ2n) is 4.63. The molecular weight excluding hydrogens is 229 g/mol. The smallest absolute Gasteiger partial charge is 0.126 e. The van der Waals surface area contributed by atoms with E-state index in [9.17, 15) is 4.39 Å². The van der Waals surface area contributed by atoms with Gasteiger partial charge in [0.1, 0.15) is 5.82 Å². The van der Waals surface area contributed by atoms with Crippen LogP contribution in [-0.4, -0.2) is 30.6 Å². The normalized spacial score (nSPS) is 14.6. The van der Waals surface area contributed by atoms with Gasteiger partial charge in [0.25, 0.3) is 0 Å². The molecule has 1 aliphatic rings. The fourth-order valence-corrected chi connectivity index (χ4v) is 2.14. The lowest BCUT2D eigenvalue weighted by Gasteiger charge is -2.20. The number of anilines is 1. The molecule has 1 aliphatic carbocycles. The molecule has 3 nitrogen and oxygen atoms in total. The summed E-state index contributed by atoms with van der Waals surface area (Å²) in [7, 11) is 0. The van der Waals surface area contributed by atoms with Gasteiger partial charge < -0.3 is 5.32 Å². The Hall–Kier alpha value is -1.60. The van der Waals surface area contributed by atoms with Crippen molar-refractivity contribution in [1.29, 1.82) is 5.26 Å². The van der Waals surface area contributed by atoms with Gasteiger partial charge in [-0.15, -0.1) is 0 Å². The van der Waals surface area contributed by atoms with E-state index in [1.54, 1.807) is 6.07 Å². The van der Waals surface area contributed by atoms with Crippen LogP contribution in [0.15, 0.2) is 18.2 Å². The second kappa shape index (κ2) is 5.83. The summed E-state index contributed by atoms with van der Waals surface area (Å²) in [5.74, 6) is -0.369. The zero-order valence-electron chi connectivity index (χ0n) is 10.6. The average molecular weight is 247 g/mol. The molecule has 1 saturated carbocycles. The molecule has 0 aliphatic heterocycles. The highest BCUT2D eigenvalue weighted by molar-refractivity contribution is 5.49. The first-order chi connectivity index (χ1) is 8.72. The van der Waals surface area contributed by atoms with Crippen molar-refractivity contribution < 1.29 is 4.39 Å². The van der Waals surface area contributed by atoms with Gasteiger partial charge in [-0.2, -0.15) is 5.26 Å². The molecule has 0 saturated heterocycles. The molecule has 1 fully saturated rings. The van der Waals surface area contributed by atoms with Crippen LogP contribution in [0.2, 0.25) is 0 Å². The molecule has 0 bridgehead atoms. The van der Waals surface area contributed by atoms with Gasteiger partial charge >= 0.3 is 0 Å². The monoisotopic (exact) mass is 247 g/mol. The van der Waals surface area contributed by atoms with Crippen molar-refractivity contribution in [2.45, 2.75) is 25.8 Å². The summed E-state index contributed by atoms with van der Waals surface area (Å²) in [6, 6.07) is 7.05. The van der Waals surface area contributed by atoms with Crippen molar-refractivity contribution in [1.82, 2.24) is 4.90 Å². The van der Waals surface area contributed by atoms with E-state index in [1.807, 2.05) is 6.07 Å². The van der Waals surface area contributed by atoms with E-state index in [1.165, 1.54) is 25.0 Å². The summed E-state index contributed by atoms with van der Waals surface area (Å²) in [6.45, 7) is 4.95. The molecule has 1 aromatic carbocycles. The fourth-order valence-electron chi connectivity index (χ4n) is 2.14. The summed E-state index contributed by atoms with van der Waals surface area (Å²) in [4.78, 5) is 2.43. The summed E-state index contributed by atoms with van der Waals surface area (Å²) in [5.41, 5.74) is 1.03. The first-order valence-corrected chi connectivity index (χ1v) is 6.41. The number of hydrogen-bond donors (Lipinski definition) is 1. The number of hydrogen-bond acceptors (Lipinski definition) is 3. The van der Waals surface area contributed by atoms with E-state index in [2.05, 4.69) is 17.1 Å². The Kier molecular flexibility index (Phi) is 4.16. The number of rotatable bonds is 6. The number of benzene rings is 1. The first kappa shape index (κ1) is 12.8. The summed E-state index contributed by atoms with van der Waals surface area (Å²) >= 11 is 0. The van der Waals surface area contributed by atoms with Crippen molar-refractivity contribution in [3.05, 3.63) is 29.6 Å². The molecule has 1 aromatic rings. The van der Waals surface area contributed by atoms with Crippen molar-refractivity contribution in [3.8, 4) is 6.07 Å².